The predicted octanol–water partition coefficient (Wildman–Crippen LogP) is 4.97. The van der Waals surface area contributed by atoms with Crippen molar-refractivity contribution in [3.63, 3.8) is 0 Å². The van der Waals surface area contributed by atoms with Crippen LogP contribution in [0.3, 0.4) is 0 Å². The van der Waals surface area contributed by atoms with Gasteiger partial charge in [0.15, 0.2) is 0 Å². The standard InChI is InChI=1S/C24H34N2O2S/c25-23(19-11-3-1-4-12-19)24(20-13-5-2-6-14-20)26-29(27,28)22-17-9-15-18-10-7-8-16-21(18)22/h7-10,15-17,19-20,23-24,26H,1-6,11-14,25H2. The van der Waals surface area contributed by atoms with Gasteiger partial charge in [-0.2, -0.15) is 0 Å². The zero-order chi connectivity index (χ0) is 20.3. The number of nitrogens with two attached hydrogens (primary N) is 1. The average molecular weight is 415 g/mol. The smallest absolute Gasteiger partial charge is 0.241 e. The summed E-state index contributed by atoms with van der Waals surface area (Å²) < 4.78 is 30.2. The van der Waals surface area contributed by atoms with Crippen molar-refractivity contribution in [3.05, 3.63) is 42.5 Å². The maximum Gasteiger partial charge on any atom is 0.241 e. The molecule has 4 rings (SSSR count). The maximum absolute atomic E-state index is 13.5. The van der Waals surface area contributed by atoms with E-state index in [9.17, 15) is 8.42 Å². The molecule has 2 fully saturated rings. The van der Waals surface area contributed by atoms with Crippen LogP contribution in [-0.4, -0.2) is 20.5 Å². The highest BCUT2D eigenvalue weighted by Gasteiger charge is 2.36. The number of hydrogen-bond donors (Lipinski definition) is 2. The van der Waals surface area contributed by atoms with Gasteiger partial charge in [-0.15, -0.1) is 0 Å². The number of nitrogens with one attached hydrogen (secondary N) is 1. The number of rotatable bonds is 6. The van der Waals surface area contributed by atoms with Gasteiger partial charge in [0, 0.05) is 17.5 Å². The molecule has 2 atom stereocenters. The van der Waals surface area contributed by atoms with Crippen LogP contribution in [0.2, 0.25) is 0 Å². The van der Waals surface area contributed by atoms with Gasteiger partial charge in [-0.1, -0.05) is 74.9 Å². The van der Waals surface area contributed by atoms with E-state index in [-0.39, 0.29) is 12.1 Å². The Labute approximate surface area is 175 Å². The minimum absolute atomic E-state index is 0.108. The lowest BCUT2D eigenvalue weighted by Gasteiger charge is -2.39. The first kappa shape index (κ1) is 20.8. The Morgan fingerprint density at radius 1 is 0.793 bits per heavy atom. The third kappa shape index (κ3) is 4.68. The quantitative estimate of drug-likeness (QED) is 0.700. The van der Waals surface area contributed by atoms with Crippen molar-refractivity contribution in [1.29, 1.82) is 0 Å². The first-order valence-corrected chi connectivity index (χ1v) is 12.8. The molecule has 0 amide bonds. The van der Waals surface area contributed by atoms with Crippen molar-refractivity contribution in [3.8, 4) is 0 Å². The molecule has 0 saturated heterocycles. The van der Waals surface area contributed by atoms with Gasteiger partial charge in [0.2, 0.25) is 10.0 Å². The molecule has 2 aromatic rings. The summed E-state index contributed by atoms with van der Waals surface area (Å²) in [5, 5.41) is 1.72. The van der Waals surface area contributed by atoms with E-state index in [1.165, 1.54) is 38.5 Å². The van der Waals surface area contributed by atoms with Gasteiger partial charge in [-0.3, -0.25) is 0 Å². The molecule has 0 bridgehead atoms. The van der Waals surface area contributed by atoms with Crippen LogP contribution in [-0.2, 0) is 10.0 Å². The minimum atomic E-state index is -3.65. The molecule has 0 aromatic heterocycles. The van der Waals surface area contributed by atoms with Gasteiger partial charge in [-0.25, -0.2) is 13.1 Å². The Hall–Kier alpha value is -1.43. The van der Waals surface area contributed by atoms with E-state index in [4.69, 9.17) is 5.73 Å². The summed E-state index contributed by atoms with van der Waals surface area (Å²) in [5.41, 5.74) is 6.79. The number of fused-ring (bicyclic) bond motifs is 1. The number of sulfonamides is 1. The summed E-state index contributed by atoms with van der Waals surface area (Å²) in [5.74, 6) is 0.760. The molecule has 0 aliphatic heterocycles. The normalized spacial score (nSPS) is 21.8. The van der Waals surface area contributed by atoms with Crippen LogP contribution in [0, 0.1) is 11.8 Å². The maximum atomic E-state index is 13.5. The van der Waals surface area contributed by atoms with Crippen molar-refractivity contribution in [2.75, 3.05) is 0 Å². The minimum Gasteiger partial charge on any atom is -0.326 e. The largest absolute Gasteiger partial charge is 0.326 e. The fourth-order valence-corrected chi connectivity index (χ4v) is 7.04. The summed E-state index contributed by atoms with van der Waals surface area (Å²) >= 11 is 0. The molecule has 4 nitrogen and oxygen atoms in total. The van der Waals surface area contributed by atoms with E-state index in [1.807, 2.05) is 36.4 Å². The van der Waals surface area contributed by atoms with Crippen molar-refractivity contribution >= 4 is 20.8 Å². The van der Waals surface area contributed by atoms with Gasteiger partial charge in [0.25, 0.3) is 0 Å². The lowest BCUT2D eigenvalue weighted by molar-refractivity contribution is 0.199. The predicted molar refractivity (Wildman–Crippen MR) is 119 cm³/mol. The van der Waals surface area contributed by atoms with Crippen LogP contribution in [0.25, 0.3) is 10.8 Å². The summed E-state index contributed by atoms with van der Waals surface area (Å²) in [6.45, 7) is 0. The fourth-order valence-electron chi connectivity index (χ4n) is 5.47. The second kappa shape index (κ2) is 9.15. The van der Waals surface area contributed by atoms with Crippen molar-refractivity contribution < 1.29 is 8.42 Å². The summed E-state index contributed by atoms with van der Waals surface area (Å²) in [6.07, 6.45) is 11.7. The van der Waals surface area contributed by atoms with Gasteiger partial charge in [-0.05, 0) is 49.0 Å². The second-order valence-electron chi connectivity index (χ2n) is 9.00. The first-order chi connectivity index (χ1) is 14.1. The zero-order valence-electron chi connectivity index (χ0n) is 17.2. The molecule has 158 valence electrons. The highest BCUT2D eigenvalue weighted by Crippen LogP contribution is 2.34. The highest BCUT2D eigenvalue weighted by molar-refractivity contribution is 7.89. The number of benzene rings is 2. The summed E-state index contributed by atoms with van der Waals surface area (Å²) in [4.78, 5) is 0.368. The van der Waals surface area contributed by atoms with Crippen LogP contribution in [0.1, 0.15) is 64.2 Å². The fraction of sp³-hybridized carbons (Fsp3) is 0.583. The van der Waals surface area contributed by atoms with E-state index < -0.39 is 10.0 Å². The first-order valence-electron chi connectivity index (χ1n) is 11.3. The Bertz CT molecular complexity index is 910. The Balaban J connectivity index is 1.65. The van der Waals surface area contributed by atoms with Crippen LogP contribution in [0.15, 0.2) is 47.4 Å². The Kier molecular flexibility index (Phi) is 6.57. The van der Waals surface area contributed by atoms with Gasteiger partial charge in [0.1, 0.15) is 0 Å². The lowest BCUT2D eigenvalue weighted by Crippen LogP contribution is -2.55. The Morgan fingerprint density at radius 2 is 1.38 bits per heavy atom. The molecule has 29 heavy (non-hydrogen) atoms. The van der Waals surface area contributed by atoms with E-state index in [1.54, 1.807) is 6.07 Å². The monoisotopic (exact) mass is 414 g/mol. The molecule has 0 heterocycles. The van der Waals surface area contributed by atoms with Crippen molar-refractivity contribution in [2.24, 2.45) is 17.6 Å². The molecule has 2 aliphatic carbocycles. The molecule has 2 aromatic carbocycles. The van der Waals surface area contributed by atoms with Crippen molar-refractivity contribution in [1.82, 2.24) is 4.72 Å². The summed E-state index contributed by atoms with van der Waals surface area (Å²) in [6, 6.07) is 12.9. The average Bonchev–Trinajstić information content (AvgIpc) is 2.78. The van der Waals surface area contributed by atoms with Crippen molar-refractivity contribution in [2.45, 2.75) is 81.2 Å². The van der Waals surface area contributed by atoms with E-state index in [2.05, 4.69) is 4.72 Å². The van der Waals surface area contributed by atoms with Crippen LogP contribution in [0.5, 0.6) is 0 Å². The van der Waals surface area contributed by atoms with Gasteiger partial charge in [0.05, 0.1) is 4.90 Å². The van der Waals surface area contributed by atoms with E-state index >= 15 is 0 Å². The SMILES string of the molecule is NC(C1CCCCC1)C(NS(=O)(=O)c1cccc2ccccc12)C1CCCCC1. The van der Waals surface area contributed by atoms with Gasteiger partial charge < -0.3 is 5.73 Å². The molecular formula is C24H34N2O2S. The molecule has 0 spiro atoms. The second-order valence-corrected chi connectivity index (χ2v) is 10.7. The lowest BCUT2D eigenvalue weighted by atomic mass is 9.75. The molecular weight excluding hydrogens is 380 g/mol. The molecule has 2 aliphatic rings. The third-order valence-corrected chi connectivity index (χ3v) is 8.61. The molecule has 3 N–H and O–H groups in total. The highest BCUT2D eigenvalue weighted by atomic mass is 32.2. The topological polar surface area (TPSA) is 72.2 Å². The summed E-state index contributed by atoms with van der Waals surface area (Å²) in [7, 11) is -3.65. The van der Waals surface area contributed by atoms with Crippen LogP contribution in [0.4, 0.5) is 0 Å². The number of hydrogen-bond acceptors (Lipinski definition) is 3. The molecule has 2 unspecified atom stereocenters. The van der Waals surface area contributed by atoms with Crippen LogP contribution < -0.4 is 10.5 Å². The molecule has 0 radical (unpaired) electrons. The van der Waals surface area contributed by atoms with Crippen LogP contribution >= 0.6 is 0 Å². The third-order valence-electron chi connectivity index (χ3n) is 7.10. The molecule has 2 saturated carbocycles. The van der Waals surface area contributed by atoms with Gasteiger partial charge >= 0.3 is 0 Å². The van der Waals surface area contributed by atoms with E-state index in [0.717, 1.165) is 36.5 Å². The molecule has 5 heteroatoms. The Morgan fingerprint density at radius 3 is 2.07 bits per heavy atom. The zero-order valence-corrected chi connectivity index (χ0v) is 18.0. The van der Waals surface area contributed by atoms with E-state index in [0.29, 0.717) is 16.7 Å².